The minimum absolute atomic E-state index is 0.390. The fourth-order valence-corrected chi connectivity index (χ4v) is 1.82. The van der Waals surface area contributed by atoms with Gasteiger partial charge in [0.05, 0.1) is 19.8 Å². The third kappa shape index (κ3) is 8.72. The molecule has 0 saturated carbocycles. The highest BCUT2D eigenvalue weighted by atomic mass is 16.4. The van der Waals surface area contributed by atoms with E-state index in [1.54, 1.807) is 0 Å². The van der Waals surface area contributed by atoms with Gasteiger partial charge >= 0.3 is 11.9 Å². The van der Waals surface area contributed by atoms with E-state index in [-0.39, 0.29) is 6.42 Å². The van der Waals surface area contributed by atoms with Crippen molar-refractivity contribution < 1.29 is 49.5 Å². The summed E-state index contributed by atoms with van der Waals surface area (Å²) in [5.74, 6) is -5.97. The van der Waals surface area contributed by atoms with Crippen molar-refractivity contribution in [3.05, 3.63) is 0 Å². The molecule has 3 amide bonds. The molecule has 0 bridgehead atoms. The number of aliphatic hydroxyl groups is 3. The lowest BCUT2D eigenvalue weighted by molar-refractivity contribution is -0.143. The molecule has 0 fully saturated rings. The third-order valence-electron chi connectivity index (χ3n) is 3.43. The Labute approximate surface area is 158 Å². The van der Waals surface area contributed by atoms with E-state index in [0.29, 0.717) is 0 Å². The summed E-state index contributed by atoms with van der Waals surface area (Å²) in [6, 6.07) is -6.16. The van der Waals surface area contributed by atoms with Crippen LogP contribution in [0.3, 0.4) is 0 Å². The lowest BCUT2D eigenvalue weighted by Crippen LogP contribution is -2.58. The summed E-state index contributed by atoms with van der Waals surface area (Å²) in [6.45, 7) is -2.63. The second kappa shape index (κ2) is 12.6. The van der Waals surface area contributed by atoms with Crippen molar-refractivity contribution >= 4 is 29.7 Å². The van der Waals surface area contributed by atoms with Crippen molar-refractivity contribution in [2.75, 3.05) is 19.8 Å². The summed E-state index contributed by atoms with van der Waals surface area (Å²) in [4.78, 5) is 57.5. The minimum atomic E-state index is -1.68. The van der Waals surface area contributed by atoms with Crippen LogP contribution in [0.5, 0.6) is 0 Å². The maximum absolute atomic E-state index is 12.3. The topological polar surface area (TPSA) is 249 Å². The predicted molar refractivity (Wildman–Crippen MR) is 89.5 cm³/mol. The zero-order valence-electron chi connectivity index (χ0n) is 14.7. The van der Waals surface area contributed by atoms with Crippen molar-refractivity contribution in [1.29, 1.82) is 0 Å². The van der Waals surface area contributed by atoms with Crippen molar-refractivity contribution in [3.8, 4) is 0 Å². The van der Waals surface area contributed by atoms with E-state index in [9.17, 15) is 29.1 Å². The summed E-state index contributed by atoms with van der Waals surface area (Å²) in [5.41, 5.74) is 5.30. The molecule has 0 aromatic heterocycles. The highest BCUT2D eigenvalue weighted by Crippen LogP contribution is 2.01. The zero-order chi connectivity index (χ0) is 21.9. The summed E-state index contributed by atoms with van der Waals surface area (Å²) < 4.78 is 0. The Kier molecular flexibility index (Phi) is 11.3. The van der Waals surface area contributed by atoms with Gasteiger partial charge in [0.25, 0.3) is 0 Å². The summed E-state index contributed by atoms with van der Waals surface area (Å²) >= 11 is 0. The molecule has 160 valence electrons. The molecular formula is C14H24N4O10. The number of aliphatic carboxylic acids is 2. The van der Waals surface area contributed by atoms with Crippen LogP contribution < -0.4 is 21.7 Å². The quantitative estimate of drug-likeness (QED) is 0.139. The molecule has 0 aromatic carbocycles. The van der Waals surface area contributed by atoms with Gasteiger partial charge in [-0.05, 0) is 6.42 Å². The molecule has 0 aliphatic heterocycles. The van der Waals surface area contributed by atoms with Crippen LogP contribution in [-0.2, 0) is 24.0 Å². The molecule has 0 aliphatic carbocycles. The number of nitrogens with one attached hydrogen (secondary N) is 3. The molecule has 0 rings (SSSR count). The van der Waals surface area contributed by atoms with Gasteiger partial charge in [-0.25, -0.2) is 4.79 Å². The fraction of sp³-hybridized carbons (Fsp3) is 0.643. The first kappa shape index (κ1) is 25.2. The van der Waals surface area contributed by atoms with E-state index in [2.05, 4.69) is 5.32 Å². The van der Waals surface area contributed by atoms with E-state index in [4.69, 9.17) is 26.2 Å². The van der Waals surface area contributed by atoms with Crippen molar-refractivity contribution in [3.63, 3.8) is 0 Å². The molecule has 0 aromatic rings. The number of carbonyl (C=O) groups is 5. The van der Waals surface area contributed by atoms with Crippen molar-refractivity contribution in [2.24, 2.45) is 5.73 Å². The van der Waals surface area contributed by atoms with E-state index in [0.717, 1.165) is 0 Å². The largest absolute Gasteiger partial charge is 0.481 e. The molecule has 0 saturated heterocycles. The molecule has 4 atom stereocenters. The van der Waals surface area contributed by atoms with Gasteiger partial charge in [0, 0.05) is 6.42 Å². The van der Waals surface area contributed by atoms with Gasteiger partial charge in [-0.2, -0.15) is 0 Å². The van der Waals surface area contributed by atoms with Gasteiger partial charge in [-0.1, -0.05) is 0 Å². The molecule has 0 aliphatic rings. The number of nitrogens with two attached hydrogens (primary N) is 1. The number of carbonyl (C=O) groups excluding carboxylic acids is 3. The maximum Gasteiger partial charge on any atom is 0.328 e. The molecule has 0 radical (unpaired) electrons. The van der Waals surface area contributed by atoms with E-state index < -0.39 is 80.1 Å². The predicted octanol–water partition coefficient (Wildman–Crippen LogP) is -5.31. The van der Waals surface area contributed by atoms with Crippen LogP contribution in [-0.4, -0.2) is 99.2 Å². The van der Waals surface area contributed by atoms with Crippen LogP contribution in [0.1, 0.15) is 12.8 Å². The van der Waals surface area contributed by atoms with Gasteiger partial charge in [0.15, 0.2) is 0 Å². The van der Waals surface area contributed by atoms with Crippen LogP contribution in [0.2, 0.25) is 0 Å². The number of carboxylic acids is 2. The van der Waals surface area contributed by atoms with Crippen LogP contribution in [0.25, 0.3) is 0 Å². The Hall–Kier alpha value is -2.81. The lowest BCUT2D eigenvalue weighted by atomic mass is 10.1. The normalized spacial score (nSPS) is 14.9. The second-order valence-corrected chi connectivity index (χ2v) is 5.61. The monoisotopic (exact) mass is 408 g/mol. The standard InChI is InChI=1S/C14H24N4O10/c15-6(3-19)11(24)16-7(1-2-10(22)23)12(25)17-8(4-20)13(26)18-9(5-21)14(27)28/h6-9,19-21H,1-5,15H2,(H,16,24)(H,17,25)(H,18,26)(H,22,23)(H,27,28). The van der Waals surface area contributed by atoms with Crippen LogP contribution >= 0.6 is 0 Å². The number of carboxylic acid groups (broad SMARTS) is 2. The molecule has 28 heavy (non-hydrogen) atoms. The zero-order valence-corrected chi connectivity index (χ0v) is 14.7. The number of amides is 3. The van der Waals surface area contributed by atoms with E-state index in [1.165, 1.54) is 0 Å². The van der Waals surface area contributed by atoms with Gasteiger partial charge in [-0.3, -0.25) is 19.2 Å². The average molecular weight is 408 g/mol. The van der Waals surface area contributed by atoms with Gasteiger partial charge < -0.3 is 47.2 Å². The highest BCUT2D eigenvalue weighted by molar-refractivity contribution is 5.94. The maximum atomic E-state index is 12.3. The number of hydrogen-bond donors (Lipinski definition) is 9. The smallest absolute Gasteiger partial charge is 0.328 e. The van der Waals surface area contributed by atoms with Gasteiger partial charge in [-0.15, -0.1) is 0 Å². The second-order valence-electron chi connectivity index (χ2n) is 5.61. The van der Waals surface area contributed by atoms with Crippen LogP contribution in [0, 0.1) is 0 Å². The molecular weight excluding hydrogens is 384 g/mol. The molecule has 0 spiro atoms. The molecule has 14 nitrogen and oxygen atoms in total. The third-order valence-corrected chi connectivity index (χ3v) is 3.43. The number of aliphatic hydroxyl groups excluding tert-OH is 3. The first-order valence-electron chi connectivity index (χ1n) is 8.01. The molecule has 10 N–H and O–H groups in total. The first-order chi connectivity index (χ1) is 13.1. The SMILES string of the molecule is NC(CO)C(=O)NC(CCC(=O)O)C(=O)NC(CO)C(=O)NC(CO)C(=O)O. The Bertz CT molecular complexity index is 584. The average Bonchev–Trinajstić information content (AvgIpc) is 2.65. The summed E-state index contributed by atoms with van der Waals surface area (Å²) in [5, 5.41) is 50.5. The Balaban J connectivity index is 5.16. The number of rotatable bonds is 13. The lowest BCUT2D eigenvalue weighted by Gasteiger charge is -2.23. The fourth-order valence-electron chi connectivity index (χ4n) is 1.82. The molecule has 14 heteroatoms. The molecule has 0 heterocycles. The van der Waals surface area contributed by atoms with Gasteiger partial charge in [0.2, 0.25) is 17.7 Å². The van der Waals surface area contributed by atoms with Crippen molar-refractivity contribution in [2.45, 2.75) is 37.0 Å². The Morgan fingerprint density at radius 1 is 0.714 bits per heavy atom. The van der Waals surface area contributed by atoms with Gasteiger partial charge in [0.1, 0.15) is 24.2 Å². The molecule has 4 unspecified atom stereocenters. The number of hydrogen-bond acceptors (Lipinski definition) is 9. The van der Waals surface area contributed by atoms with E-state index >= 15 is 0 Å². The summed E-state index contributed by atoms with van der Waals surface area (Å²) in [6.07, 6.45) is -0.923. The van der Waals surface area contributed by atoms with Crippen LogP contribution in [0.4, 0.5) is 0 Å². The van der Waals surface area contributed by atoms with Crippen molar-refractivity contribution in [1.82, 2.24) is 16.0 Å². The first-order valence-corrected chi connectivity index (χ1v) is 8.01. The Morgan fingerprint density at radius 3 is 1.61 bits per heavy atom. The highest BCUT2D eigenvalue weighted by Gasteiger charge is 2.30. The van der Waals surface area contributed by atoms with E-state index in [1.807, 2.05) is 10.6 Å². The Morgan fingerprint density at radius 2 is 1.18 bits per heavy atom. The summed E-state index contributed by atoms with van der Waals surface area (Å²) in [7, 11) is 0. The van der Waals surface area contributed by atoms with Crippen LogP contribution in [0.15, 0.2) is 0 Å². The minimum Gasteiger partial charge on any atom is -0.481 e.